The summed E-state index contributed by atoms with van der Waals surface area (Å²) in [6.45, 7) is 19.3. The van der Waals surface area contributed by atoms with Gasteiger partial charge in [-0.1, -0.05) is 57.9 Å². The van der Waals surface area contributed by atoms with E-state index in [1.165, 1.54) is 13.3 Å². The molecule has 0 saturated carbocycles. The predicted octanol–water partition coefficient (Wildman–Crippen LogP) is 1.48. The smallest absolute Gasteiger partial charge is 0.394 e. The van der Waals surface area contributed by atoms with E-state index >= 15 is 0 Å². The minimum atomic E-state index is -5.02. The summed E-state index contributed by atoms with van der Waals surface area (Å²) in [6.07, 6.45) is 0.286. The van der Waals surface area contributed by atoms with Gasteiger partial charge in [0.25, 0.3) is 0 Å². The molecule has 7 heterocycles. The number of fused-ring (bicyclic) bond motifs is 8. The van der Waals surface area contributed by atoms with Gasteiger partial charge >= 0.3 is 7.82 Å². The molecule has 0 aromatic rings. The number of phosphoric acid groups is 1. The zero-order chi connectivity index (χ0) is 66.7. The highest BCUT2D eigenvalue weighted by Crippen LogP contribution is 2.62. The SMILES string of the molecule is CC1=CC2N=CN(C3OC(CO)C(OP(=O)(O)OC(C)CNCC(=O)CC4(C)C5=NC(C4CC(N)=O)C4(C)N=C(/C(C)=C6\N/C(=C\C7N/C(=C\5C)C(CCC(N)=O)C7(C)C)C(CCC(N)=O)C6(C)CC(N)=O)C(CCC(N)=O)C4(C)CC(N)=O)C3O)C2C=C1C. The molecule has 90 heavy (non-hydrogen) atoms. The molecule has 3 fully saturated rings. The Balaban J connectivity index is 1.18. The van der Waals surface area contributed by atoms with E-state index in [0.717, 1.165) is 11.1 Å². The fraction of sp³-hybridized carbons (Fsp3) is 0.677. The van der Waals surface area contributed by atoms with Crippen molar-refractivity contribution in [3.8, 4) is 0 Å². The predicted molar refractivity (Wildman–Crippen MR) is 334 cm³/mol. The van der Waals surface area contributed by atoms with Crippen LogP contribution in [0, 0.1) is 45.3 Å². The Morgan fingerprint density at radius 1 is 0.789 bits per heavy atom. The number of aliphatic hydroxyl groups is 2. The molecule has 18 N–H and O–H groups in total. The second-order valence-corrected chi connectivity index (χ2v) is 29.1. The normalized spacial score (nSPS) is 38.0. The number of hydrogen-bond acceptors (Lipinski definition) is 20. The van der Waals surface area contributed by atoms with Gasteiger partial charge in [-0.2, -0.15) is 0 Å². The van der Waals surface area contributed by atoms with Crippen molar-refractivity contribution in [2.75, 3.05) is 19.7 Å². The number of aliphatic imine (C=N–C) groups is 3. The van der Waals surface area contributed by atoms with E-state index in [1.54, 1.807) is 4.90 Å². The Labute approximate surface area is 525 Å². The Hall–Kier alpha value is -6.45. The summed E-state index contributed by atoms with van der Waals surface area (Å²) in [5.41, 5.74) is 36.0. The maximum Gasteiger partial charge on any atom is 0.472 e. The quantitative estimate of drug-likeness (QED) is 0.0518. The van der Waals surface area contributed by atoms with Gasteiger partial charge in [0.15, 0.2) is 6.23 Å². The van der Waals surface area contributed by atoms with Crippen LogP contribution in [0.1, 0.15) is 140 Å². The van der Waals surface area contributed by atoms with Gasteiger partial charge < -0.3 is 75.1 Å². The van der Waals surface area contributed by atoms with E-state index in [-0.39, 0.29) is 95.2 Å². The van der Waals surface area contributed by atoms with Gasteiger partial charge in [0.05, 0.1) is 55.3 Å². The summed E-state index contributed by atoms with van der Waals surface area (Å²) < 4.78 is 30.8. The van der Waals surface area contributed by atoms with Crippen molar-refractivity contribution >= 4 is 66.8 Å². The molecule has 0 aromatic carbocycles. The molecular formula is C62H94N13O14P. The molecule has 0 radical (unpaired) electrons. The van der Waals surface area contributed by atoms with E-state index in [0.29, 0.717) is 39.7 Å². The number of nitrogens with two attached hydrogens (primary N) is 6. The van der Waals surface area contributed by atoms with Gasteiger partial charge in [-0.3, -0.25) is 57.6 Å². The Morgan fingerprint density at radius 2 is 1.39 bits per heavy atom. The second kappa shape index (κ2) is 25.9. The van der Waals surface area contributed by atoms with Crippen molar-refractivity contribution in [1.29, 1.82) is 0 Å². The van der Waals surface area contributed by atoms with Crippen molar-refractivity contribution in [3.63, 3.8) is 0 Å². The third kappa shape index (κ3) is 13.2. The fourth-order valence-electron chi connectivity index (χ4n) is 16.2. The average Bonchev–Trinajstić information content (AvgIpc) is 1.53. The topological polar surface area (TPSA) is 457 Å². The van der Waals surface area contributed by atoms with Gasteiger partial charge in [0.2, 0.25) is 35.4 Å². The number of aliphatic hydroxyl groups excluding tert-OH is 2. The molecule has 0 aromatic heterocycles. The molecule has 1 aliphatic carbocycles. The first-order valence-electron chi connectivity index (χ1n) is 30.9. The maximum atomic E-state index is 15.0. The number of ether oxygens (including phenoxy) is 1. The summed E-state index contributed by atoms with van der Waals surface area (Å²) in [5, 5.41) is 32.3. The number of hydrogen-bond donors (Lipinski definition) is 12. The van der Waals surface area contributed by atoms with E-state index < -0.39 is 143 Å². The van der Waals surface area contributed by atoms with Gasteiger partial charge in [-0.25, -0.2) is 4.57 Å². The Morgan fingerprint density at radius 3 is 1.98 bits per heavy atom. The number of amides is 6. The number of primary amides is 6. The summed E-state index contributed by atoms with van der Waals surface area (Å²) in [6, 6.07) is -2.16. The lowest BCUT2D eigenvalue weighted by Gasteiger charge is -2.48. The van der Waals surface area contributed by atoms with Crippen LogP contribution < -0.4 is 50.4 Å². The van der Waals surface area contributed by atoms with E-state index in [9.17, 15) is 53.2 Å². The second-order valence-electron chi connectivity index (χ2n) is 27.7. The molecule has 7 aliphatic heterocycles. The molecule has 18 unspecified atom stereocenters. The van der Waals surface area contributed by atoms with Crippen LogP contribution in [0.25, 0.3) is 0 Å². The van der Waals surface area contributed by atoms with E-state index in [2.05, 4.69) is 20.9 Å². The zero-order valence-electron chi connectivity index (χ0n) is 53.5. The van der Waals surface area contributed by atoms with Gasteiger partial charge in [0, 0.05) is 120 Å². The molecule has 8 rings (SSSR count). The third-order valence-corrected chi connectivity index (χ3v) is 22.3. The number of phosphoric ester groups is 1. The van der Waals surface area contributed by atoms with Crippen molar-refractivity contribution in [3.05, 3.63) is 57.6 Å². The van der Waals surface area contributed by atoms with Crippen molar-refractivity contribution < 1.29 is 67.0 Å². The standard InChI is InChI=1S/C62H94N13O14P/c1-29-18-40-41(19-30(29)2)75(28-70-40)57-52(84)53(42(27-76)87-57)89-90(85,86)88-31(3)25-69-26-34(77)22-59(8)38(20-47(66)81)56-62(11)61(10,24-49(68)83)37(14-17-46(65)80)51(74-62)33(5)54-60(9,23-48(67)82)35(12-15-44(63)78)39(71-54)21-43-58(6,7)36(13-16-45(64)79)50(72-43)32(4)55(59)73-56/h18-19,21,28,31,35-38,40-43,52-53,56-57,69,71-72,76,84H,12-17,20,22-27H2,1-11H3,(H2,63,78)(H2,64,79)(H2,65,80)(H2,66,81)(H2,67,82)(H2,68,83)(H,85,86)/b39-21-,50-32-,54-33-. The lowest BCUT2D eigenvalue weighted by molar-refractivity contribution is -0.124. The molecule has 496 valence electrons. The monoisotopic (exact) mass is 1280 g/mol. The highest BCUT2D eigenvalue weighted by molar-refractivity contribution is 7.47. The number of rotatable bonds is 27. The number of nitrogens with zero attached hydrogens (tertiary/aromatic N) is 4. The van der Waals surface area contributed by atoms with Gasteiger partial charge in [-0.05, 0) is 83.4 Å². The minimum Gasteiger partial charge on any atom is -0.394 e. The molecule has 0 spiro atoms. The number of ketones is 1. The Kier molecular flexibility index (Phi) is 20.0. The summed E-state index contributed by atoms with van der Waals surface area (Å²) in [7, 11) is -5.02. The lowest BCUT2D eigenvalue weighted by Crippen LogP contribution is -2.56. The molecule has 3 saturated heterocycles. The first-order valence-corrected chi connectivity index (χ1v) is 32.4. The number of nitrogens with one attached hydrogen (secondary N) is 3. The van der Waals surface area contributed by atoms with Crippen LogP contribution in [0.4, 0.5) is 0 Å². The molecular weight excluding hydrogens is 1180 g/mol. The highest BCUT2D eigenvalue weighted by Gasteiger charge is 2.67. The van der Waals surface area contributed by atoms with Gasteiger partial charge in [0.1, 0.15) is 24.1 Å². The maximum absolute atomic E-state index is 15.0. The van der Waals surface area contributed by atoms with Crippen molar-refractivity contribution in [1.82, 2.24) is 20.9 Å². The Bertz CT molecular complexity index is 3270. The fourth-order valence-corrected chi connectivity index (χ4v) is 17.3. The number of carbonyl (C=O) groups excluding carboxylic acids is 7. The molecule has 27 nitrogen and oxygen atoms in total. The van der Waals surface area contributed by atoms with Crippen molar-refractivity contribution in [2.45, 2.75) is 201 Å². The zero-order valence-corrected chi connectivity index (χ0v) is 54.4. The van der Waals surface area contributed by atoms with E-state index in [4.69, 9.17) is 58.2 Å². The first kappa shape index (κ1) is 69.4. The van der Waals surface area contributed by atoms with Crippen LogP contribution in [0.3, 0.4) is 0 Å². The van der Waals surface area contributed by atoms with Crippen LogP contribution in [0.15, 0.2) is 72.6 Å². The summed E-state index contributed by atoms with van der Waals surface area (Å²) in [5.74, 6) is -6.93. The lowest BCUT2D eigenvalue weighted by atomic mass is 9.55. The molecule has 8 bridgehead atoms. The van der Waals surface area contributed by atoms with Crippen LogP contribution in [-0.2, 0) is 51.9 Å². The molecule has 8 aliphatic rings. The summed E-state index contributed by atoms with van der Waals surface area (Å²) >= 11 is 0. The average molecular weight is 1280 g/mol. The van der Waals surface area contributed by atoms with Crippen LogP contribution >= 0.6 is 7.82 Å². The largest absolute Gasteiger partial charge is 0.472 e. The molecule has 6 amide bonds. The highest BCUT2D eigenvalue weighted by atomic mass is 31.2. The molecule has 18 atom stereocenters. The van der Waals surface area contributed by atoms with Gasteiger partial charge in [-0.15, -0.1) is 0 Å². The number of carbonyl (C=O) groups is 7. The number of Topliss-reactive ketones (excluding diaryl/α,β-unsaturated/α-hetero) is 1. The minimum absolute atomic E-state index is 0.0157. The first-order chi connectivity index (χ1) is 41.8. The van der Waals surface area contributed by atoms with E-state index in [1.807, 2.05) is 87.5 Å². The van der Waals surface area contributed by atoms with Crippen molar-refractivity contribution in [2.24, 2.45) is 94.7 Å². The van der Waals surface area contributed by atoms with Crippen LogP contribution in [0.2, 0.25) is 0 Å². The van der Waals surface area contributed by atoms with Crippen LogP contribution in [-0.4, -0.2) is 159 Å². The third-order valence-electron chi connectivity index (χ3n) is 21.1. The van der Waals surface area contributed by atoms with Crippen LogP contribution in [0.5, 0.6) is 0 Å². The molecule has 28 heteroatoms. The summed E-state index contributed by atoms with van der Waals surface area (Å²) in [4.78, 5) is 123. The number of allylic oxidation sites excluding steroid dienone is 7.